The minimum absolute atomic E-state index is 0.914. The van der Waals surface area contributed by atoms with Crippen LogP contribution in [0.5, 0.6) is 0 Å². The average Bonchev–Trinajstić information content (AvgIpc) is 2.80. The molecule has 0 spiro atoms. The fourth-order valence-corrected chi connectivity index (χ4v) is 1.46. The molecule has 1 N–H and O–H groups in total. The maximum absolute atomic E-state index is 3.88. The maximum Gasteiger partial charge on any atom is 0.112 e. The molecule has 16 heavy (non-hydrogen) atoms. The number of H-pyrrole nitrogens is 1. The third kappa shape index (κ3) is 3.62. The Morgan fingerprint density at radius 2 is 1.38 bits per heavy atom. The van der Waals surface area contributed by atoms with Crippen LogP contribution in [0.1, 0.15) is 20.8 Å². The largest absolute Gasteiger partial charge is 0.304 e. The van der Waals surface area contributed by atoms with Crippen LogP contribution in [0.4, 0.5) is 0 Å². The first-order valence-electron chi connectivity index (χ1n) is 5.79. The summed E-state index contributed by atoms with van der Waals surface area (Å²) in [7, 11) is 0. The molecular formula is C12H20N4. The van der Waals surface area contributed by atoms with Crippen LogP contribution in [0.15, 0.2) is 24.3 Å². The fourth-order valence-electron chi connectivity index (χ4n) is 1.46. The molecule has 0 aliphatic rings. The lowest BCUT2D eigenvalue weighted by molar-refractivity contribution is 0.321. The molecule has 1 aromatic heterocycles. The van der Waals surface area contributed by atoms with Gasteiger partial charge in [0.25, 0.3) is 0 Å². The Bertz CT molecular complexity index is 357. The summed E-state index contributed by atoms with van der Waals surface area (Å²) in [6.07, 6.45) is 0. The second-order valence-corrected chi connectivity index (χ2v) is 3.43. The zero-order chi connectivity index (χ0) is 11.8. The molecule has 1 heterocycles. The van der Waals surface area contributed by atoms with Gasteiger partial charge in [-0.05, 0) is 31.8 Å². The van der Waals surface area contributed by atoms with Gasteiger partial charge >= 0.3 is 0 Å². The van der Waals surface area contributed by atoms with Crippen LogP contribution >= 0.6 is 0 Å². The van der Waals surface area contributed by atoms with E-state index < -0.39 is 0 Å². The zero-order valence-corrected chi connectivity index (χ0v) is 10.3. The molecule has 0 saturated carbocycles. The number of para-hydroxylation sites is 2. The first-order chi connectivity index (χ1) is 7.81. The smallest absolute Gasteiger partial charge is 0.112 e. The van der Waals surface area contributed by atoms with Crippen molar-refractivity contribution in [1.82, 2.24) is 20.3 Å². The number of rotatable bonds is 3. The minimum atomic E-state index is 0.914. The van der Waals surface area contributed by atoms with Crippen LogP contribution < -0.4 is 0 Å². The molecular weight excluding hydrogens is 200 g/mol. The Kier molecular flexibility index (Phi) is 5.50. The normalized spacial score (nSPS) is 10.2. The van der Waals surface area contributed by atoms with E-state index in [1.807, 2.05) is 24.3 Å². The first-order valence-corrected chi connectivity index (χ1v) is 5.79. The third-order valence-corrected chi connectivity index (χ3v) is 2.56. The number of aromatic nitrogens is 3. The molecule has 88 valence electrons. The molecule has 0 atom stereocenters. The predicted molar refractivity (Wildman–Crippen MR) is 67.4 cm³/mol. The number of fused-ring (bicyclic) bond motifs is 1. The van der Waals surface area contributed by atoms with Crippen molar-refractivity contribution < 1.29 is 0 Å². The van der Waals surface area contributed by atoms with E-state index >= 15 is 0 Å². The van der Waals surface area contributed by atoms with Gasteiger partial charge in [0.2, 0.25) is 0 Å². The summed E-state index contributed by atoms with van der Waals surface area (Å²) in [5, 5.41) is 10.3. The van der Waals surface area contributed by atoms with Crippen LogP contribution in [0.2, 0.25) is 0 Å². The van der Waals surface area contributed by atoms with Crippen molar-refractivity contribution in [2.24, 2.45) is 0 Å². The summed E-state index contributed by atoms with van der Waals surface area (Å²) in [5.41, 5.74) is 1.83. The molecule has 0 fully saturated rings. The quantitative estimate of drug-likeness (QED) is 0.863. The standard InChI is InChI=1S/C6H5N3.C6H15N/c1-2-4-6-5(3-1)7-9-8-6;1-4-7(5-2)6-3/h1-4H,(H,7,8,9);4-6H2,1-3H3. The van der Waals surface area contributed by atoms with E-state index in [2.05, 4.69) is 41.1 Å². The lowest BCUT2D eigenvalue weighted by Crippen LogP contribution is -2.21. The van der Waals surface area contributed by atoms with Gasteiger partial charge in [-0.2, -0.15) is 15.4 Å². The zero-order valence-electron chi connectivity index (χ0n) is 10.3. The van der Waals surface area contributed by atoms with E-state index in [1.54, 1.807) is 0 Å². The lowest BCUT2D eigenvalue weighted by Gasteiger charge is -2.13. The highest BCUT2D eigenvalue weighted by molar-refractivity contribution is 5.72. The van der Waals surface area contributed by atoms with Crippen molar-refractivity contribution >= 4 is 11.0 Å². The van der Waals surface area contributed by atoms with Gasteiger partial charge in [-0.25, -0.2) is 0 Å². The highest BCUT2D eigenvalue weighted by Crippen LogP contribution is 2.03. The van der Waals surface area contributed by atoms with Crippen LogP contribution in [-0.4, -0.2) is 39.9 Å². The minimum Gasteiger partial charge on any atom is -0.304 e. The molecule has 0 aliphatic carbocycles. The molecule has 0 unspecified atom stereocenters. The molecule has 2 rings (SSSR count). The first kappa shape index (κ1) is 12.6. The van der Waals surface area contributed by atoms with Crippen molar-refractivity contribution in [3.8, 4) is 0 Å². The molecule has 0 aliphatic heterocycles. The van der Waals surface area contributed by atoms with Crippen LogP contribution in [0.25, 0.3) is 11.0 Å². The van der Waals surface area contributed by atoms with Crippen LogP contribution in [0.3, 0.4) is 0 Å². The third-order valence-electron chi connectivity index (χ3n) is 2.56. The summed E-state index contributed by atoms with van der Waals surface area (Å²) in [6, 6.07) is 7.70. The number of nitrogens with one attached hydrogen (secondary N) is 1. The van der Waals surface area contributed by atoms with Gasteiger partial charge in [0, 0.05) is 0 Å². The van der Waals surface area contributed by atoms with Gasteiger partial charge in [0.1, 0.15) is 11.0 Å². The SMILES string of the molecule is CCN(CC)CC.c1ccc2n[nH]nc2c1. The van der Waals surface area contributed by atoms with Gasteiger partial charge < -0.3 is 4.90 Å². The highest BCUT2D eigenvalue weighted by Gasteiger charge is 1.90. The molecule has 0 saturated heterocycles. The fraction of sp³-hybridized carbons (Fsp3) is 0.500. The molecule has 0 amide bonds. The number of nitrogens with zero attached hydrogens (tertiary/aromatic N) is 3. The Balaban J connectivity index is 0.000000168. The number of benzene rings is 1. The van der Waals surface area contributed by atoms with Crippen molar-refractivity contribution in [2.45, 2.75) is 20.8 Å². The van der Waals surface area contributed by atoms with Crippen LogP contribution in [-0.2, 0) is 0 Å². The Morgan fingerprint density at radius 3 is 1.69 bits per heavy atom. The van der Waals surface area contributed by atoms with Crippen molar-refractivity contribution in [3.63, 3.8) is 0 Å². The predicted octanol–water partition coefficient (Wildman–Crippen LogP) is 2.31. The summed E-state index contributed by atoms with van der Waals surface area (Å²) >= 11 is 0. The molecule has 4 heteroatoms. The summed E-state index contributed by atoms with van der Waals surface area (Å²) in [4.78, 5) is 2.38. The molecule has 1 aromatic carbocycles. The van der Waals surface area contributed by atoms with E-state index in [1.165, 1.54) is 19.6 Å². The molecule has 0 bridgehead atoms. The summed E-state index contributed by atoms with van der Waals surface area (Å²) in [6.45, 7) is 10.1. The van der Waals surface area contributed by atoms with Gasteiger partial charge in [0.15, 0.2) is 0 Å². The van der Waals surface area contributed by atoms with E-state index in [4.69, 9.17) is 0 Å². The molecule has 0 radical (unpaired) electrons. The maximum atomic E-state index is 3.88. The average molecular weight is 220 g/mol. The van der Waals surface area contributed by atoms with Crippen molar-refractivity contribution in [1.29, 1.82) is 0 Å². The van der Waals surface area contributed by atoms with Crippen LogP contribution in [0, 0.1) is 0 Å². The molecule has 2 aromatic rings. The van der Waals surface area contributed by atoms with Crippen molar-refractivity contribution in [2.75, 3.05) is 19.6 Å². The Morgan fingerprint density at radius 1 is 0.938 bits per heavy atom. The number of hydrogen-bond acceptors (Lipinski definition) is 3. The van der Waals surface area contributed by atoms with E-state index in [9.17, 15) is 0 Å². The van der Waals surface area contributed by atoms with Crippen molar-refractivity contribution in [3.05, 3.63) is 24.3 Å². The topological polar surface area (TPSA) is 44.8 Å². The Hall–Kier alpha value is -1.42. The highest BCUT2D eigenvalue weighted by atomic mass is 15.3. The second kappa shape index (κ2) is 6.95. The monoisotopic (exact) mass is 220 g/mol. The lowest BCUT2D eigenvalue weighted by atomic mass is 10.3. The van der Waals surface area contributed by atoms with Gasteiger partial charge in [0.05, 0.1) is 0 Å². The molecule has 4 nitrogen and oxygen atoms in total. The number of hydrogen-bond donors (Lipinski definition) is 1. The summed E-state index contributed by atoms with van der Waals surface area (Å²) in [5.74, 6) is 0. The Labute approximate surface area is 96.7 Å². The number of aromatic amines is 1. The van der Waals surface area contributed by atoms with Gasteiger partial charge in [-0.1, -0.05) is 32.9 Å². The summed E-state index contributed by atoms with van der Waals surface area (Å²) < 4.78 is 0. The van der Waals surface area contributed by atoms with E-state index in [0.717, 1.165) is 11.0 Å². The second-order valence-electron chi connectivity index (χ2n) is 3.43. The van der Waals surface area contributed by atoms with E-state index in [0.29, 0.717) is 0 Å². The van der Waals surface area contributed by atoms with Gasteiger partial charge in [-0.3, -0.25) is 0 Å². The van der Waals surface area contributed by atoms with Gasteiger partial charge in [-0.15, -0.1) is 0 Å². The van der Waals surface area contributed by atoms with E-state index in [-0.39, 0.29) is 0 Å².